The highest BCUT2D eigenvalue weighted by molar-refractivity contribution is 7.07. The van der Waals surface area contributed by atoms with Crippen LogP contribution in [-0.2, 0) is 6.42 Å². The van der Waals surface area contributed by atoms with Gasteiger partial charge >= 0.3 is 0 Å². The van der Waals surface area contributed by atoms with Crippen LogP contribution in [0.5, 0.6) is 0 Å². The first-order valence-corrected chi connectivity index (χ1v) is 8.43. The van der Waals surface area contributed by atoms with Crippen LogP contribution in [-0.4, -0.2) is 36.6 Å². The first-order chi connectivity index (χ1) is 9.00. The molecule has 2 atom stereocenters. The van der Waals surface area contributed by atoms with Gasteiger partial charge in [-0.15, -0.1) is 0 Å². The van der Waals surface area contributed by atoms with Crippen molar-refractivity contribution in [3.05, 3.63) is 22.4 Å². The van der Waals surface area contributed by atoms with Gasteiger partial charge in [0, 0.05) is 31.7 Å². The standard InChI is InChI=1S/C16H28N2S/c1-5-14-10-17-15(16(2,3)4)11-18(14)8-6-13-7-9-19-12-13/h7,9,12,14-15,17H,5-6,8,10-11H2,1-4H3. The smallest absolute Gasteiger partial charge is 0.0244 e. The van der Waals surface area contributed by atoms with Crippen LogP contribution >= 0.6 is 11.3 Å². The lowest BCUT2D eigenvalue weighted by Crippen LogP contribution is -2.60. The number of thiophene rings is 1. The molecule has 1 aliphatic rings. The molecule has 0 spiro atoms. The van der Waals surface area contributed by atoms with E-state index in [1.807, 2.05) is 0 Å². The van der Waals surface area contributed by atoms with Crippen molar-refractivity contribution in [2.75, 3.05) is 19.6 Å². The van der Waals surface area contributed by atoms with Gasteiger partial charge in [0.1, 0.15) is 0 Å². The molecule has 2 rings (SSSR count). The van der Waals surface area contributed by atoms with Crippen molar-refractivity contribution < 1.29 is 0 Å². The minimum absolute atomic E-state index is 0.347. The topological polar surface area (TPSA) is 15.3 Å². The summed E-state index contributed by atoms with van der Waals surface area (Å²) in [6, 6.07) is 3.57. The largest absolute Gasteiger partial charge is 0.311 e. The summed E-state index contributed by atoms with van der Waals surface area (Å²) in [5, 5.41) is 8.21. The van der Waals surface area contributed by atoms with Crippen molar-refractivity contribution in [2.24, 2.45) is 5.41 Å². The summed E-state index contributed by atoms with van der Waals surface area (Å²) in [7, 11) is 0. The molecule has 2 unspecified atom stereocenters. The zero-order valence-electron chi connectivity index (χ0n) is 12.8. The molecule has 2 nitrogen and oxygen atoms in total. The van der Waals surface area contributed by atoms with Crippen LogP contribution in [0.25, 0.3) is 0 Å². The monoisotopic (exact) mass is 280 g/mol. The SMILES string of the molecule is CCC1CNC(C(C)(C)C)CN1CCc1ccsc1. The molecule has 1 fully saturated rings. The van der Waals surface area contributed by atoms with E-state index in [-0.39, 0.29) is 0 Å². The van der Waals surface area contributed by atoms with Gasteiger partial charge in [0.15, 0.2) is 0 Å². The predicted molar refractivity (Wildman–Crippen MR) is 84.9 cm³/mol. The Kier molecular flexibility index (Phi) is 5.04. The van der Waals surface area contributed by atoms with E-state index in [9.17, 15) is 0 Å². The first-order valence-electron chi connectivity index (χ1n) is 7.49. The van der Waals surface area contributed by atoms with E-state index in [1.165, 1.54) is 31.5 Å². The highest BCUT2D eigenvalue weighted by atomic mass is 32.1. The van der Waals surface area contributed by atoms with Crippen LogP contribution in [0.4, 0.5) is 0 Å². The highest BCUT2D eigenvalue weighted by Crippen LogP contribution is 2.24. The van der Waals surface area contributed by atoms with Crippen LogP contribution in [0.15, 0.2) is 16.8 Å². The van der Waals surface area contributed by atoms with Gasteiger partial charge in [-0.1, -0.05) is 27.7 Å². The van der Waals surface area contributed by atoms with E-state index in [0.717, 1.165) is 6.54 Å². The molecule has 0 radical (unpaired) electrons. The van der Waals surface area contributed by atoms with Crippen molar-refractivity contribution >= 4 is 11.3 Å². The van der Waals surface area contributed by atoms with Gasteiger partial charge in [0.25, 0.3) is 0 Å². The zero-order chi connectivity index (χ0) is 13.9. The van der Waals surface area contributed by atoms with Gasteiger partial charge in [0.05, 0.1) is 0 Å². The van der Waals surface area contributed by atoms with Gasteiger partial charge in [0.2, 0.25) is 0 Å². The maximum atomic E-state index is 3.74. The summed E-state index contributed by atoms with van der Waals surface area (Å²) in [5.41, 5.74) is 1.84. The number of rotatable bonds is 4. The summed E-state index contributed by atoms with van der Waals surface area (Å²) in [4.78, 5) is 2.70. The molecule has 1 aromatic heterocycles. The number of piperazine rings is 1. The van der Waals surface area contributed by atoms with Gasteiger partial charge in [-0.2, -0.15) is 11.3 Å². The highest BCUT2D eigenvalue weighted by Gasteiger charge is 2.32. The van der Waals surface area contributed by atoms with Gasteiger partial charge < -0.3 is 5.32 Å². The third kappa shape index (κ3) is 4.04. The van der Waals surface area contributed by atoms with E-state index in [0.29, 0.717) is 17.5 Å². The summed E-state index contributed by atoms with van der Waals surface area (Å²) in [6.45, 7) is 12.9. The molecule has 0 aromatic carbocycles. The lowest BCUT2D eigenvalue weighted by molar-refractivity contribution is 0.0846. The molecule has 19 heavy (non-hydrogen) atoms. The fraction of sp³-hybridized carbons (Fsp3) is 0.750. The Morgan fingerprint density at radius 1 is 1.42 bits per heavy atom. The quantitative estimate of drug-likeness (QED) is 0.909. The van der Waals surface area contributed by atoms with Crippen LogP contribution in [0.3, 0.4) is 0 Å². The molecule has 0 saturated carbocycles. The number of hydrogen-bond donors (Lipinski definition) is 1. The predicted octanol–water partition coefficient (Wildman–Crippen LogP) is 3.39. The number of nitrogens with zero attached hydrogens (tertiary/aromatic N) is 1. The average molecular weight is 280 g/mol. The first kappa shape index (κ1) is 15.0. The molecular formula is C16H28N2S. The van der Waals surface area contributed by atoms with E-state index in [2.05, 4.69) is 54.7 Å². The second kappa shape index (κ2) is 6.38. The Labute approximate surface area is 122 Å². The molecule has 108 valence electrons. The van der Waals surface area contributed by atoms with E-state index >= 15 is 0 Å². The van der Waals surface area contributed by atoms with Gasteiger partial charge in [-0.3, -0.25) is 4.90 Å². The molecule has 2 heterocycles. The minimum atomic E-state index is 0.347. The van der Waals surface area contributed by atoms with Crippen molar-refractivity contribution in [1.82, 2.24) is 10.2 Å². The summed E-state index contributed by atoms with van der Waals surface area (Å²) in [5.74, 6) is 0. The average Bonchev–Trinajstić information content (AvgIpc) is 2.88. The molecular weight excluding hydrogens is 252 g/mol. The summed E-state index contributed by atoms with van der Waals surface area (Å²) >= 11 is 1.81. The van der Waals surface area contributed by atoms with Crippen LogP contribution < -0.4 is 5.32 Å². The Hall–Kier alpha value is -0.380. The molecule has 1 saturated heterocycles. The van der Waals surface area contributed by atoms with Crippen molar-refractivity contribution in [3.8, 4) is 0 Å². The number of nitrogens with one attached hydrogen (secondary N) is 1. The van der Waals surface area contributed by atoms with Gasteiger partial charge in [-0.25, -0.2) is 0 Å². The third-order valence-corrected chi connectivity index (χ3v) is 5.05. The van der Waals surface area contributed by atoms with Crippen molar-refractivity contribution in [2.45, 2.75) is 52.6 Å². The van der Waals surface area contributed by atoms with E-state index < -0.39 is 0 Å². The third-order valence-electron chi connectivity index (χ3n) is 4.32. The zero-order valence-corrected chi connectivity index (χ0v) is 13.6. The summed E-state index contributed by atoms with van der Waals surface area (Å²) in [6.07, 6.45) is 2.43. The lowest BCUT2D eigenvalue weighted by atomic mass is 9.84. The maximum absolute atomic E-state index is 3.74. The molecule has 1 aliphatic heterocycles. The summed E-state index contributed by atoms with van der Waals surface area (Å²) < 4.78 is 0. The Morgan fingerprint density at radius 2 is 2.21 bits per heavy atom. The second-order valence-electron chi connectivity index (χ2n) is 6.77. The molecule has 0 bridgehead atoms. The van der Waals surface area contributed by atoms with Crippen molar-refractivity contribution in [3.63, 3.8) is 0 Å². The van der Waals surface area contributed by atoms with Crippen LogP contribution in [0, 0.1) is 5.41 Å². The van der Waals surface area contributed by atoms with Crippen LogP contribution in [0.2, 0.25) is 0 Å². The normalized spacial score (nSPS) is 25.7. The Morgan fingerprint density at radius 3 is 2.79 bits per heavy atom. The number of hydrogen-bond acceptors (Lipinski definition) is 3. The fourth-order valence-electron chi connectivity index (χ4n) is 2.82. The Balaban J connectivity index is 1.94. The molecule has 0 aliphatic carbocycles. The minimum Gasteiger partial charge on any atom is -0.311 e. The maximum Gasteiger partial charge on any atom is 0.0244 e. The lowest BCUT2D eigenvalue weighted by Gasteiger charge is -2.45. The molecule has 1 N–H and O–H groups in total. The van der Waals surface area contributed by atoms with Crippen LogP contribution in [0.1, 0.15) is 39.7 Å². The van der Waals surface area contributed by atoms with E-state index in [1.54, 1.807) is 11.3 Å². The molecule has 3 heteroatoms. The fourth-order valence-corrected chi connectivity index (χ4v) is 3.52. The molecule has 1 aromatic rings. The van der Waals surface area contributed by atoms with Crippen molar-refractivity contribution in [1.29, 1.82) is 0 Å². The molecule has 0 amide bonds. The van der Waals surface area contributed by atoms with E-state index in [4.69, 9.17) is 0 Å². The Bertz CT molecular complexity index is 367. The second-order valence-corrected chi connectivity index (χ2v) is 7.55. The van der Waals surface area contributed by atoms with Gasteiger partial charge in [-0.05, 0) is 40.6 Å².